The summed E-state index contributed by atoms with van der Waals surface area (Å²) < 4.78 is 0. The number of rotatable bonds is 5. The van der Waals surface area contributed by atoms with Gasteiger partial charge in [-0.2, -0.15) is 0 Å². The molecule has 4 amide bonds. The molecule has 3 aliphatic rings. The van der Waals surface area contributed by atoms with E-state index in [4.69, 9.17) is 0 Å². The first kappa shape index (κ1) is 20.2. The Balaban J connectivity index is 1.47. The fourth-order valence-corrected chi connectivity index (χ4v) is 5.21. The van der Waals surface area contributed by atoms with Gasteiger partial charge >= 0.3 is 6.03 Å². The van der Waals surface area contributed by atoms with Gasteiger partial charge in [0.25, 0.3) is 5.91 Å². The van der Waals surface area contributed by atoms with Crippen molar-refractivity contribution in [2.45, 2.75) is 96.6 Å². The van der Waals surface area contributed by atoms with Crippen LogP contribution in [0.15, 0.2) is 0 Å². The van der Waals surface area contributed by atoms with Crippen LogP contribution < -0.4 is 10.6 Å². The molecule has 2 atom stereocenters. The van der Waals surface area contributed by atoms with Crippen molar-refractivity contribution in [2.75, 3.05) is 6.54 Å². The molecule has 0 aromatic rings. The number of urea groups is 1. The monoisotopic (exact) mass is 377 g/mol. The van der Waals surface area contributed by atoms with Crippen LogP contribution in [0.5, 0.6) is 0 Å². The lowest BCUT2D eigenvalue weighted by Gasteiger charge is -2.40. The van der Waals surface area contributed by atoms with Crippen molar-refractivity contribution in [1.29, 1.82) is 0 Å². The van der Waals surface area contributed by atoms with Gasteiger partial charge in [0.15, 0.2) is 0 Å². The topological polar surface area (TPSA) is 78.5 Å². The average molecular weight is 378 g/mol. The summed E-state index contributed by atoms with van der Waals surface area (Å²) in [4.78, 5) is 38.6. The predicted octanol–water partition coefficient (Wildman–Crippen LogP) is 3.35. The van der Waals surface area contributed by atoms with Gasteiger partial charge in [-0.15, -0.1) is 0 Å². The minimum Gasteiger partial charge on any atom is -0.353 e. The minimum atomic E-state index is -0.651. The fourth-order valence-electron chi connectivity index (χ4n) is 5.21. The molecule has 1 spiro atoms. The van der Waals surface area contributed by atoms with Crippen LogP contribution in [0.1, 0.15) is 85.0 Å². The van der Waals surface area contributed by atoms with E-state index >= 15 is 0 Å². The third-order valence-electron chi connectivity index (χ3n) is 6.71. The molecule has 0 bridgehead atoms. The molecule has 6 nitrogen and oxygen atoms in total. The van der Waals surface area contributed by atoms with E-state index < -0.39 is 5.54 Å². The van der Waals surface area contributed by atoms with E-state index in [1.54, 1.807) is 0 Å². The van der Waals surface area contributed by atoms with Gasteiger partial charge < -0.3 is 10.6 Å². The van der Waals surface area contributed by atoms with Gasteiger partial charge in [0.2, 0.25) is 5.91 Å². The molecule has 1 aliphatic heterocycles. The second-order valence-electron chi connectivity index (χ2n) is 9.71. The predicted molar refractivity (Wildman–Crippen MR) is 104 cm³/mol. The lowest BCUT2D eigenvalue weighted by atomic mass is 9.69. The molecule has 2 unspecified atom stereocenters. The molecule has 2 saturated carbocycles. The molecule has 27 heavy (non-hydrogen) atoms. The highest BCUT2D eigenvalue weighted by Crippen LogP contribution is 2.38. The summed E-state index contributed by atoms with van der Waals surface area (Å²) >= 11 is 0. The van der Waals surface area contributed by atoms with Gasteiger partial charge in [-0.3, -0.25) is 14.5 Å². The number of hydrogen-bond acceptors (Lipinski definition) is 3. The fraction of sp³-hybridized carbons (Fsp3) is 0.857. The Morgan fingerprint density at radius 3 is 2.48 bits per heavy atom. The third-order valence-corrected chi connectivity index (χ3v) is 6.71. The second kappa shape index (κ2) is 7.80. The maximum atomic E-state index is 12.6. The van der Waals surface area contributed by atoms with Crippen molar-refractivity contribution >= 4 is 17.8 Å². The molecule has 0 aromatic heterocycles. The number of amides is 4. The van der Waals surface area contributed by atoms with E-state index in [9.17, 15) is 14.4 Å². The zero-order valence-electron chi connectivity index (χ0n) is 17.1. The van der Waals surface area contributed by atoms with Crippen molar-refractivity contribution in [3.8, 4) is 0 Å². The lowest BCUT2D eigenvalue weighted by molar-refractivity contribution is -0.131. The van der Waals surface area contributed by atoms with Gasteiger partial charge in [0.05, 0.1) is 0 Å². The molecule has 3 fully saturated rings. The van der Waals surface area contributed by atoms with E-state index in [0.717, 1.165) is 32.1 Å². The summed E-state index contributed by atoms with van der Waals surface area (Å²) in [5, 5.41) is 6.12. The number of nitrogens with one attached hydrogen (secondary N) is 2. The van der Waals surface area contributed by atoms with Crippen molar-refractivity contribution < 1.29 is 14.4 Å². The number of nitrogens with zero attached hydrogens (tertiary/aromatic N) is 1. The summed E-state index contributed by atoms with van der Waals surface area (Å²) in [6, 6.07) is -0.0490. The summed E-state index contributed by atoms with van der Waals surface area (Å²) in [5.41, 5.74) is -0.463. The molecule has 2 N–H and O–H groups in total. The maximum Gasteiger partial charge on any atom is 0.325 e. The zero-order chi connectivity index (χ0) is 19.7. The molecule has 152 valence electrons. The first-order chi connectivity index (χ1) is 12.7. The average Bonchev–Trinajstić information content (AvgIpc) is 3.15. The summed E-state index contributed by atoms with van der Waals surface area (Å²) in [6.07, 6.45) is 8.95. The summed E-state index contributed by atoms with van der Waals surface area (Å²) in [6.45, 7) is 7.07. The largest absolute Gasteiger partial charge is 0.353 e. The molecule has 1 saturated heterocycles. The molecule has 1 heterocycles. The van der Waals surface area contributed by atoms with Gasteiger partial charge in [0.1, 0.15) is 5.54 Å². The lowest BCUT2D eigenvalue weighted by Crippen LogP contribution is -2.46. The Kier molecular flexibility index (Phi) is 5.82. The molecule has 6 heteroatoms. The van der Waals surface area contributed by atoms with Crippen LogP contribution in [0.2, 0.25) is 0 Å². The SMILES string of the molecule is CC(C)(C)C1CCCCC1NC(=O)CCCN1C(=O)NC2(CCCC2)C1=O. The molecule has 3 rings (SSSR count). The van der Waals surface area contributed by atoms with E-state index in [0.29, 0.717) is 25.3 Å². The molecule has 0 radical (unpaired) electrons. The van der Waals surface area contributed by atoms with E-state index in [2.05, 4.69) is 31.4 Å². The highest BCUT2D eigenvalue weighted by molar-refractivity contribution is 6.07. The van der Waals surface area contributed by atoms with Crippen LogP contribution in [0.3, 0.4) is 0 Å². The second-order valence-corrected chi connectivity index (χ2v) is 9.71. The summed E-state index contributed by atoms with van der Waals surface area (Å²) in [7, 11) is 0. The normalized spacial score (nSPS) is 27.9. The first-order valence-corrected chi connectivity index (χ1v) is 10.7. The van der Waals surface area contributed by atoms with E-state index in [1.807, 2.05) is 0 Å². The number of carbonyl (C=O) groups excluding carboxylic acids is 3. The van der Waals surface area contributed by atoms with E-state index in [1.165, 1.54) is 24.2 Å². The third kappa shape index (κ3) is 4.30. The molecular weight excluding hydrogens is 342 g/mol. The standard InChI is InChI=1S/C21H35N3O3/c1-20(2,3)15-9-4-5-10-16(15)22-17(25)11-8-14-24-18(26)21(23-19(24)27)12-6-7-13-21/h15-16H,4-14H2,1-3H3,(H,22,25)(H,23,27). The van der Waals surface area contributed by atoms with E-state index in [-0.39, 0.29) is 29.3 Å². The van der Waals surface area contributed by atoms with Crippen LogP contribution in [0.4, 0.5) is 4.79 Å². The smallest absolute Gasteiger partial charge is 0.325 e. The number of hydrogen-bond donors (Lipinski definition) is 2. The van der Waals surface area contributed by atoms with Crippen LogP contribution in [-0.2, 0) is 9.59 Å². The van der Waals surface area contributed by atoms with Crippen LogP contribution >= 0.6 is 0 Å². The van der Waals surface area contributed by atoms with Crippen molar-refractivity contribution in [3.05, 3.63) is 0 Å². The molecule has 2 aliphatic carbocycles. The van der Waals surface area contributed by atoms with Crippen molar-refractivity contribution in [2.24, 2.45) is 11.3 Å². The van der Waals surface area contributed by atoms with Crippen LogP contribution in [0.25, 0.3) is 0 Å². The molecular formula is C21H35N3O3. The van der Waals surface area contributed by atoms with Gasteiger partial charge in [-0.1, -0.05) is 46.5 Å². The molecule has 0 aromatic carbocycles. The quantitative estimate of drug-likeness (QED) is 0.721. The Morgan fingerprint density at radius 1 is 1.15 bits per heavy atom. The van der Waals surface area contributed by atoms with Gasteiger partial charge in [-0.25, -0.2) is 4.79 Å². The van der Waals surface area contributed by atoms with Gasteiger partial charge in [0, 0.05) is 19.0 Å². The highest BCUT2D eigenvalue weighted by atomic mass is 16.2. The van der Waals surface area contributed by atoms with Gasteiger partial charge in [-0.05, 0) is 43.4 Å². The zero-order valence-corrected chi connectivity index (χ0v) is 17.1. The Labute approximate surface area is 162 Å². The number of carbonyl (C=O) groups is 3. The highest BCUT2D eigenvalue weighted by Gasteiger charge is 2.52. The first-order valence-electron chi connectivity index (χ1n) is 10.7. The Hall–Kier alpha value is -1.59. The Morgan fingerprint density at radius 2 is 1.81 bits per heavy atom. The van der Waals surface area contributed by atoms with Crippen LogP contribution in [0, 0.1) is 11.3 Å². The Bertz CT molecular complexity index is 590. The maximum absolute atomic E-state index is 12.6. The minimum absolute atomic E-state index is 0.0405. The van der Waals surface area contributed by atoms with Crippen molar-refractivity contribution in [3.63, 3.8) is 0 Å². The van der Waals surface area contributed by atoms with Crippen LogP contribution in [-0.4, -0.2) is 40.9 Å². The summed E-state index contributed by atoms with van der Waals surface area (Å²) in [5.74, 6) is 0.452. The van der Waals surface area contributed by atoms with Crippen molar-refractivity contribution in [1.82, 2.24) is 15.5 Å². The number of imide groups is 1.